The zero-order valence-corrected chi connectivity index (χ0v) is 20.8. The predicted octanol–water partition coefficient (Wildman–Crippen LogP) is 4.45. The van der Waals surface area contributed by atoms with Crippen molar-refractivity contribution in [2.24, 2.45) is 0 Å². The molecule has 2 aromatic carbocycles. The van der Waals surface area contributed by atoms with E-state index in [1.54, 1.807) is 29.1 Å². The molecule has 9 heteroatoms. The van der Waals surface area contributed by atoms with Gasteiger partial charge < -0.3 is 9.67 Å². The highest BCUT2D eigenvalue weighted by molar-refractivity contribution is 6.03. The van der Waals surface area contributed by atoms with Crippen LogP contribution in [0.15, 0.2) is 54.7 Å². The number of amides is 3. The maximum absolute atomic E-state index is 13.7. The molecule has 0 spiro atoms. The molecule has 1 atom stereocenters. The number of hydroxylamine groups is 1. The van der Waals surface area contributed by atoms with E-state index >= 15 is 0 Å². The van der Waals surface area contributed by atoms with Crippen molar-refractivity contribution in [1.29, 1.82) is 0 Å². The van der Waals surface area contributed by atoms with Gasteiger partial charge in [-0.3, -0.25) is 14.9 Å². The molecule has 1 aromatic heterocycles. The van der Waals surface area contributed by atoms with Crippen LogP contribution < -0.4 is 5.48 Å². The number of carboxylic acids is 1. The van der Waals surface area contributed by atoms with Crippen LogP contribution in [0.4, 0.5) is 4.79 Å². The summed E-state index contributed by atoms with van der Waals surface area (Å²) in [5.41, 5.74) is 4.82. The van der Waals surface area contributed by atoms with Gasteiger partial charge in [-0.1, -0.05) is 55.3 Å². The Bertz CT molecular complexity index is 1200. The van der Waals surface area contributed by atoms with Crippen LogP contribution in [0.2, 0.25) is 0 Å². The van der Waals surface area contributed by atoms with Crippen molar-refractivity contribution in [3.05, 3.63) is 88.5 Å². The Labute approximate surface area is 210 Å². The van der Waals surface area contributed by atoms with Gasteiger partial charge in [-0.2, -0.15) is 0 Å². The van der Waals surface area contributed by atoms with Gasteiger partial charge in [-0.25, -0.2) is 20.1 Å². The maximum atomic E-state index is 13.7. The number of aromatic carboxylic acids is 1. The van der Waals surface area contributed by atoms with Crippen molar-refractivity contribution in [3.63, 3.8) is 0 Å². The molecule has 0 radical (unpaired) electrons. The van der Waals surface area contributed by atoms with Gasteiger partial charge in [0.2, 0.25) is 0 Å². The largest absolute Gasteiger partial charge is 0.478 e. The highest BCUT2D eigenvalue weighted by Gasteiger charge is 2.31. The minimum atomic E-state index is -1.02. The van der Waals surface area contributed by atoms with Crippen molar-refractivity contribution in [2.75, 3.05) is 0 Å². The number of nitrogens with one attached hydrogen (secondary N) is 1. The topological polar surface area (TPSA) is 125 Å². The molecule has 3 rings (SSSR count). The van der Waals surface area contributed by atoms with Gasteiger partial charge in [-0.05, 0) is 49.9 Å². The summed E-state index contributed by atoms with van der Waals surface area (Å²) in [6, 6.07) is 12.7. The molecular weight excluding hydrogens is 460 g/mol. The molecular formula is C27H32N4O5. The van der Waals surface area contributed by atoms with Gasteiger partial charge in [0, 0.05) is 19.0 Å². The van der Waals surface area contributed by atoms with E-state index < -0.39 is 23.9 Å². The van der Waals surface area contributed by atoms with Crippen molar-refractivity contribution in [2.45, 2.75) is 59.0 Å². The first-order valence-electron chi connectivity index (χ1n) is 11.9. The number of carbonyl (C=O) groups is 3. The van der Waals surface area contributed by atoms with Crippen LogP contribution >= 0.6 is 0 Å². The molecule has 36 heavy (non-hydrogen) atoms. The molecule has 0 bridgehead atoms. The zero-order valence-electron chi connectivity index (χ0n) is 20.8. The predicted molar refractivity (Wildman–Crippen MR) is 134 cm³/mol. The van der Waals surface area contributed by atoms with Crippen molar-refractivity contribution < 1.29 is 24.7 Å². The van der Waals surface area contributed by atoms with Gasteiger partial charge in [0.15, 0.2) is 0 Å². The number of unbranched alkanes of at least 4 members (excludes halogenated alkanes) is 1. The molecule has 1 unspecified atom stereocenters. The summed E-state index contributed by atoms with van der Waals surface area (Å²) >= 11 is 0. The fourth-order valence-electron chi connectivity index (χ4n) is 4.06. The second-order valence-electron chi connectivity index (χ2n) is 8.88. The van der Waals surface area contributed by atoms with E-state index in [1.165, 1.54) is 18.3 Å². The molecule has 9 nitrogen and oxygen atoms in total. The summed E-state index contributed by atoms with van der Waals surface area (Å²) in [6.45, 7) is 6.07. The molecule has 190 valence electrons. The molecule has 0 fully saturated rings. The number of aryl methyl sites for hydroxylation is 2. The number of imidazole rings is 1. The minimum absolute atomic E-state index is 0.169. The number of carboxylic acid groups (broad SMARTS) is 1. The van der Waals surface area contributed by atoms with Gasteiger partial charge in [0.25, 0.3) is 5.91 Å². The summed E-state index contributed by atoms with van der Waals surface area (Å²) in [6.07, 6.45) is 4.31. The third-order valence-corrected chi connectivity index (χ3v) is 6.08. The second kappa shape index (κ2) is 12.1. The van der Waals surface area contributed by atoms with Gasteiger partial charge >= 0.3 is 12.0 Å². The monoisotopic (exact) mass is 492 g/mol. The fraction of sp³-hybridized carbons (Fsp3) is 0.333. The van der Waals surface area contributed by atoms with Crippen molar-refractivity contribution >= 4 is 17.9 Å². The molecule has 0 aliphatic carbocycles. The van der Waals surface area contributed by atoms with E-state index in [1.807, 2.05) is 31.2 Å². The van der Waals surface area contributed by atoms with E-state index in [2.05, 4.69) is 11.9 Å². The van der Waals surface area contributed by atoms with E-state index in [-0.39, 0.29) is 17.8 Å². The minimum Gasteiger partial charge on any atom is -0.478 e. The summed E-state index contributed by atoms with van der Waals surface area (Å²) in [4.78, 5) is 43.0. The Morgan fingerprint density at radius 2 is 1.69 bits per heavy atom. The first-order chi connectivity index (χ1) is 17.2. The number of hydrogen-bond acceptors (Lipinski definition) is 5. The van der Waals surface area contributed by atoms with Crippen LogP contribution in [0.3, 0.4) is 0 Å². The number of urea groups is 1. The molecule has 0 aliphatic rings. The number of carbonyl (C=O) groups excluding carboxylic acids is 2. The molecule has 0 aliphatic heterocycles. The Balaban J connectivity index is 1.94. The third kappa shape index (κ3) is 6.37. The van der Waals surface area contributed by atoms with Gasteiger partial charge in [0.1, 0.15) is 11.5 Å². The number of hydrogen-bond donors (Lipinski definition) is 3. The SMILES string of the molecule is CCCCc1ncc(C(=O)N(C(=O)NO)C(C)Cc2ccc(C)cc2)n1Cc1ccc(C(=O)O)cc1. The standard InChI is InChI=1S/C27H32N4O5/c1-4-5-6-24-28-16-23(30(24)17-21-11-13-22(14-12-21)26(33)34)25(32)31(27(35)29-36)19(3)15-20-9-7-18(2)8-10-20/h7-14,16,19,36H,4-6,15,17H2,1-3H3,(H,29,35)(H,33,34). The Morgan fingerprint density at radius 1 is 1.06 bits per heavy atom. The van der Waals surface area contributed by atoms with Gasteiger partial charge in [-0.15, -0.1) is 0 Å². The summed E-state index contributed by atoms with van der Waals surface area (Å²) in [5, 5.41) is 18.6. The smallest absolute Gasteiger partial charge is 0.348 e. The number of imide groups is 1. The van der Waals surface area contributed by atoms with Crippen LogP contribution in [0, 0.1) is 6.92 Å². The number of aromatic nitrogens is 2. The van der Waals surface area contributed by atoms with Crippen LogP contribution in [0.25, 0.3) is 0 Å². The van der Waals surface area contributed by atoms with Crippen LogP contribution in [-0.4, -0.2) is 48.7 Å². The lowest BCUT2D eigenvalue weighted by Crippen LogP contribution is -2.49. The Kier molecular flexibility index (Phi) is 8.97. The molecule has 3 amide bonds. The lowest BCUT2D eigenvalue weighted by Gasteiger charge is -2.27. The van der Waals surface area contributed by atoms with Crippen molar-refractivity contribution in [1.82, 2.24) is 19.9 Å². The quantitative estimate of drug-likeness (QED) is 0.284. The molecule has 0 saturated heterocycles. The normalized spacial score (nSPS) is 11.7. The first-order valence-corrected chi connectivity index (χ1v) is 11.9. The van der Waals surface area contributed by atoms with E-state index in [0.29, 0.717) is 18.7 Å². The van der Waals surface area contributed by atoms with Crippen LogP contribution in [0.1, 0.15) is 70.1 Å². The molecule has 1 heterocycles. The second-order valence-corrected chi connectivity index (χ2v) is 8.88. The summed E-state index contributed by atoms with van der Waals surface area (Å²) in [7, 11) is 0. The number of rotatable bonds is 10. The first kappa shape index (κ1) is 26.6. The zero-order chi connectivity index (χ0) is 26.2. The highest BCUT2D eigenvalue weighted by atomic mass is 16.5. The van der Waals surface area contributed by atoms with Gasteiger partial charge in [0.05, 0.1) is 11.8 Å². The number of benzene rings is 2. The van der Waals surface area contributed by atoms with E-state index in [0.717, 1.165) is 34.4 Å². The summed E-state index contributed by atoms with van der Waals surface area (Å²) in [5.74, 6) is -0.909. The Hall–Kier alpha value is -3.98. The average Bonchev–Trinajstić information content (AvgIpc) is 3.26. The highest BCUT2D eigenvalue weighted by Crippen LogP contribution is 2.19. The number of nitrogens with zero attached hydrogens (tertiary/aromatic N) is 3. The van der Waals surface area contributed by atoms with Crippen LogP contribution in [-0.2, 0) is 19.4 Å². The molecule has 3 N–H and O–H groups in total. The molecule has 3 aromatic rings. The summed E-state index contributed by atoms with van der Waals surface area (Å²) < 4.78 is 1.75. The lowest BCUT2D eigenvalue weighted by atomic mass is 10.0. The third-order valence-electron chi connectivity index (χ3n) is 6.08. The van der Waals surface area contributed by atoms with E-state index in [9.17, 15) is 24.7 Å². The Morgan fingerprint density at radius 3 is 2.28 bits per heavy atom. The lowest BCUT2D eigenvalue weighted by molar-refractivity contribution is 0.0668. The maximum Gasteiger partial charge on any atom is 0.348 e. The average molecular weight is 493 g/mol. The van der Waals surface area contributed by atoms with E-state index in [4.69, 9.17) is 0 Å². The van der Waals surface area contributed by atoms with Crippen molar-refractivity contribution in [3.8, 4) is 0 Å². The fourth-order valence-corrected chi connectivity index (χ4v) is 4.06. The van der Waals surface area contributed by atoms with Crippen LogP contribution in [0.5, 0.6) is 0 Å². The molecule has 0 saturated carbocycles.